The molecule has 0 radical (unpaired) electrons. The van der Waals surface area contributed by atoms with Crippen molar-refractivity contribution in [3.8, 4) is 17.2 Å². The minimum absolute atomic E-state index is 0.353. The predicted octanol–water partition coefficient (Wildman–Crippen LogP) is 4.48. The Morgan fingerprint density at radius 1 is 1.00 bits per heavy atom. The number of urea groups is 1. The number of carbonyl (C=O) groups excluding carboxylic acids is 1. The third-order valence-electron chi connectivity index (χ3n) is 3.96. The van der Waals surface area contributed by atoms with Gasteiger partial charge < -0.3 is 24.8 Å². The van der Waals surface area contributed by atoms with E-state index in [-0.39, 0.29) is 6.03 Å². The highest BCUT2D eigenvalue weighted by Crippen LogP contribution is 2.35. The zero-order valence-electron chi connectivity index (χ0n) is 16.2. The first kappa shape index (κ1) is 20.7. The van der Waals surface area contributed by atoms with Crippen LogP contribution in [0.25, 0.3) is 0 Å². The van der Waals surface area contributed by atoms with Crippen molar-refractivity contribution in [2.75, 3.05) is 32.7 Å². The van der Waals surface area contributed by atoms with E-state index in [4.69, 9.17) is 25.8 Å². The Labute approximate surface area is 164 Å². The molecule has 0 heterocycles. The molecule has 0 aromatic heterocycles. The summed E-state index contributed by atoms with van der Waals surface area (Å²) < 4.78 is 16.2. The molecule has 0 saturated carbocycles. The van der Waals surface area contributed by atoms with Gasteiger partial charge in [0.2, 0.25) is 0 Å². The van der Waals surface area contributed by atoms with Crippen LogP contribution in [0.15, 0.2) is 24.3 Å². The van der Waals surface area contributed by atoms with Crippen LogP contribution in [-0.2, 0) is 0 Å². The van der Waals surface area contributed by atoms with E-state index in [1.165, 1.54) is 19.8 Å². The van der Waals surface area contributed by atoms with E-state index in [2.05, 4.69) is 29.7 Å². The lowest BCUT2D eigenvalue weighted by Crippen LogP contribution is -2.32. The SMILES string of the molecule is COc1cc(NC(=O)NCCOc2c(C)cc(C)cc2C)c(OC)cc1Cl. The van der Waals surface area contributed by atoms with E-state index in [1.807, 2.05) is 13.8 Å². The van der Waals surface area contributed by atoms with Gasteiger partial charge in [-0.3, -0.25) is 0 Å². The summed E-state index contributed by atoms with van der Waals surface area (Å²) in [5.41, 5.74) is 3.81. The Morgan fingerprint density at radius 2 is 1.63 bits per heavy atom. The lowest BCUT2D eigenvalue weighted by Gasteiger charge is -2.15. The molecule has 0 saturated heterocycles. The largest absolute Gasteiger partial charge is 0.495 e. The number of hydrogen-bond acceptors (Lipinski definition) is 4. The summed E-state index contributed by atoms with van der Waals surface area (Å²) >= 11 is 6.06. The van der Waals surface area contributed by atoms with Crippen LogP contribution in [-0.4, -0.2) is 33.4 Å². The molecule has 0 unspecified atom stereocenters. The fraction of sp³-hybridized carbons (Fsp3) is 0.350. The van der Waals surface area contributed by atoms with Crippen LogP contribution in [0.5, 0.6) is 17.2 Å². The van der Waals surface area contributed by atoms with E-state index in [0.29, 0.717) is 35.4 Å². The van der Waals surface area contributed by atoms with Crippen molar-refractivity contribution in [3.05, 3.63) is 46.0 Å². The number of nitrogens with one attached hydrogen (secondary N) is 2. The number of methoxy groups -OCH3 is 2. The maximum Gasteiger partial charge on any atom is 0.319 e. The lowest BCUT2D eigenvalue weighted by molar-refractivity contribution is 0.247. The average molecular weight is 393 g/mol. The first-order valence-corrected chi connectivity index (χ1v) is 8.90. The molecule has 0 fully saturated rings. The van der Waals surface area contributed by atoms with Crippen LogP contribution in [0.4, 0.5) is 10.5 Å². The van der Waals surface area contributed by atoms with Gasteiger partial charge in [-0.15, -0.1) is 0 Å². The minimum atomic E-state index is -0.376. The van der Waals surface area contributed by atoms with E-state index in [9.17, 15) is 4.79 Å². The maximum atomic E-state index is 12.1. The summed E-state index contributed by atoms with van der Waals surface area (Å²) in [6.07, 6.45) is 0. The van der Waals surface area contributed by atoms with Crippen molar-refractivity contribution >= 4 is 23.3 Å². The molecule has 2 amide bonds. The Balaban J connectivity index is 1.90. The highest BCUT2D eigenvalue weighted by atomic mass is 35.5. The Bertz CT molecular complexity index is 801. The molecule has 6 nitrogen and oxygen atoms in total. The predicted molar refractivity (Wildman–Crippen MR) is 108 cm³/mol. The van der Waals surface area contributed by atoms with Gasteiger partial charge in [-0.25, -0.2) is 4.79 Å². The molecule has 0 spiro atoms. The van der Waals surface area contributed by atoms with Crippen LogP contribution in [0.1, 0.15) is 16.7 Å². The number of anilines is 1. The molecule has 0 atom stereocenters. The molecule has 0 aliphatic heterocycles. The monoisotopic (exact) mass is 392 g/mol. The van der Waals surface area contributed by atoms with Gasteiger partial charge in [0.15, 0.2) is 0 Å². The van der Waals surface area contributed by atoms with Crippen LogP contribution in [0.2, 0.25) is 5.02 Å². The topological polar surface area (TPSA) is 68.8 Å². The van der Waals surface area contributed by atoms with E-state index in [1.54, 1.807) is 12.1 Å². The summed E-state index contributed by atoms with van der Waals surface area (Å²) in [6, 6.07) is 6.96. The fourth-order valence-corrected chi connectivity index (χ4v) is 3.07. The summed E-state index contributed by atoms with van der Waals surface area (Å²) in [5, 5.41) is 5.87. The molecule has 0 bridgehead atoms. The van der Waals surface area contributed by atoms with Crippen molar-refractivity contribution in [1.29, 1.82) is 0 Å². The molecule has 7 heteroatoms. The van der Waals surface area contributed by atoms with Crippen LogP contribution < -0.4 is 24.8 Å². The zero-order valence-corrected chi connectivity index (χ0v) is 17.0. The second-order valence-corrected chi connectivity index (χ2v) is 6.55. The number of ether oxygens (including phenoxy) is 3. The molecular weight excluding hydrogens is 368 g/mol. The van der Waals surface area contributed by atoms with Crippen molar-refractivity contribution in [2.24, 2.45) is 0 Å². The third-order valence-corrected chi connectivity index (χ3v) is 4.26. The molecule has 0 aliphatic rings. The van der Waals surface area contributed by atoms with Gasteiger partial charge >= 0.3 is 6.03 Å². The number of carbonyl (C=O) groups is 1. The summed E-state index contributed by atoms with van der Waals surface area (Å²) in [5.74, 6) is 1.74. The zero-order chi connectivity index (χ0) is 20.0. The molecule has 2 rings (SSSR count). The van der Waals surface area contributed by atoms with Crippen molar-refractivity contribution in [1.82, 2.24) is 5.32 Å². The minimum Gasteiger partial charge on any atom is -0.495 e. The van der Waals surface area contributed by atoms with Crippen LogP contribution in [0.3, 0.4) is 0 Å². The molecule has 2 N–H and O–H groups in total. The van der Waals surface area contributed by atoms with Gasteiger partial charge in [-0.1, -0.05) is 29.3 Å². The Kier molecular flexibility index (Phi) is 7.19. The van der Waals surface area contributed by atoms with E-state index >= 15 is 0 Å². The van der Waals surface area contributed by atoms with Gasteiger partial charge in [0.05, 0.1) is 31.5 Å². The number of rotatable bonds is 7. The number of amides is 2. The van der Waals surface area contributed by atoms with Gasteiger partial charge in [-0.05, 0) is 31.9 Å². The second-order valence-electron chi connectivity index (χ2n) is 6.14. The molecule has 2 aromatic carbocycles. The third kappa shape index (κ3) is 5.44. The van der Waals surface area contributed by atoms with E-state index in [0.717, 1.165) is 16.9 Å². The van der Waals surface area contributed by atoms with Gasteiger partial charge in [-0.2, -0.15) is 0 Å². The van der Waals surface area contributed by atoms with Crippen molar-refractivity contribution < 1.29 is 19.0 Å². The lowest BCUT2D eigenvalue weighted by atomic mass is 10.1. The standard InChI is InChI=1S/C20H25ClN2O4/c1-12-8-13(2)19(14(3)9-12)27-7-6-22-20(24)23-16-11-17(25-4)15(21)10-18(16)26-5/h8-11H,6-7H2,1-5H3,(H2,22,23,24). The molecule has 0 aliphatic carbocycles. The number of hydrogen-bond donors (Lipinski definition) is 2. The smallest absolute Gasteiger partial charge is 0.319 e. The Morgan fingerprint density at radius 3 is 2.22 bits per heavy atom. The molecule has 2 aromatic rings. The van der Waals surface area contributed by atoms with Gasteiger partial charge in [0.1, 0.15) is 23.9 Å². The normalized spacial score (nSPS) is 10.3. The highest BCUT2D eigenvalue weighted by molar-refractivity contribution is 6.32. The summed E-state index contributed by atoms with van der Waals surface area (Å²) in [4.78, 5) is 12.1. The highest BCUT2D eigenvalue weighted by Gasteiger charge is 2.12. The van der Waals surface area contributed by atoms with E-state index < -0.39 is 0 Å². The summed E-state index contributed by atoms with van der Waals surface area (Å²) in [6.45, 7) is 6.78. The number of halogens is 1. The molecule has 27 heavy (non-hydrogen) atoms. The van der Waals surface area contributed by atoms with Gasteiger partial charge in [0.25, 0.3) is 0 Å². The van der Waals surface area contributed by atoms with Crippen LogP contribution >= 0.6 is 11.6 Å². The van der Waals surface area contributed by atoms with Crippen LogP contribution in [0, 0.1) is 20.8 Å². The van der Waals surface area contributed by atoms with Crippen molar-refractivity contribution in [2.45, 2.75) is 20.8 Å². The number of aryl methyl sites for hydroxylation is 3. The first-order chi connectivity index (χ1) is 12.8. The average Bonchev–Trinajstić information content (AvgIpc) is 2.61. The molecule has 146 valence electrons. The fourth-order valence-electron chi connectivity index (χ4n) is 2.84. The number of benzene rings is 2. The Hall–Kier alpha value is -2.60. The first-order valence-electron chi connectivity index (χ1n) is 8.52. The quantitative estimate of drug-likeness (QED) is 0.681. The molecular formula is C20H25ClN2O4. The van der Waals surface area contributed by atoms with Gasteiger partial charge in [0, 0.05) is 12.1 Å². The maximum absolute atomic E-state index is 12.1. The van der Waals surface area contributed by atoms with Crippen molar-refractivity contribution in [3.63, 3.8) is 0 Å². The second kappa shape index (κ2) is 9.37. The summed E-state index contributed by atoms with van der Waals surface area (Å²) in [7, 11) is 3.01.